The first-order chi connectivity index (χ1) is 11.4. The summed E-state index contributed by atoms with van der Waals surface area (Å²) in [6.07, 6.45) is 1.32. The van der Waals surface area contributed by atoms with Gasteiger partial charge in [0.2, 0.25) is 5.91 Å². The lowest BCUT2D eigenvalue weighted by Gasteiger charge is -2.06. The molecule has 24 heavy (non-hydrogen) atoms. The van der Waals surface area contributed by atoms with Crippen molar-refractivity contribution in [1.29, 1.82) is 0 Å². The van der Waals surface area contributed by atoms with Crippen LogP contribution >= 0.6 is 11.6 Å². The Morgan fingerprint density at radius 3 is 2.42 bits per heavy atom. The second kappa shape index (κ2) is 6.05. The maximum Gasteiger partial charge on any atom is 0.258 e. The third-order valence-electron chi connectivity index (χ3n) is 3.55. The fourth-order valence-corrected chi connectivity index (χ4v) is 2.61. The lowest BCUT2D eigenvalue weighted by atomic mass is 10.1. The van der Waals surface area contributed by atoms with E-state index in [2.05, 4.69) is 5.32 Å². The zero-order valence-electron chi connectivity index (χ0n) is 12.4. The van der Waals surface area contributed by atoms with Crippen molar-refractivity contribution in [2.24, 2.45) is 0 Å². The summed E-state index contributed by atoms with van der Waals surface area (Å²) in [5.41, 5.74) is 0.0182. The summed E-state index contributed by atoms with van der Waals surface area (Å²) in [4.78, 5) is 24.2. The molecular formula is C17H11ClF2N2O2. The topological polar surface area (TPSA) is 51.1 Å². The molecule has 0 unspecified atom stereocenters. The van der Waals surface area contributed by atoms with Gasteiger partial charge in [0, 0.05) is 23.5 Å². The molecule has 0 spiro atoms. The van der Waals surface area contributed by atoms with Crippen molar-refractivity contribution in [3.8, 4) is 0 Å². The molecule has 0 bridgehead atoms. The van der Waals surface area contributed by atoms with Crippen LogP contribution in [-0.4, -0.2) is 16.4 Å². The molecule has 0 atom stereocenters. The summed E-state index contributed by atoms with van der Waals surface area (Å²) in [7, 11) is 0. The number of aromatic nitrogens is 1. The molecule has 0 saturated heterocycles. The first-order valence-corrected chi connectivity index (χ1v) is 7.33. The van der Waals surface area contributed by atoms with Crippen molar-refractivity contribution < 1.29 is 18.4 Å². The second-order valence-corrected chi connectivity index (χ2v) is 5.58. The summed E-state index contributed by atoms with van der Waals surface area (Å²) in [5, 5.41) is 2.98. The highest BCUT2D eigenvalue weighted by atomic mass is 35.5. The summed E-state index contributed by atoms with van der Waals surface area (Å²) in [6.45, 7) is 1.34. The van der Waals surface area contributed by atoms with Crippen LogP contribution in [0.2, 0.25) is 5.02 Å². The van der Waals surface area contributed by atoms with Gasteiger partial charge in [-0.1, -0.05) is 17.7 Å². The Morgan fingerprint density at radius 2 is 1.79 bits per heavy atom. The fraction of sp³-hybridized carbons (Fsp3) is 0.0588. The van der Waals surface area contributed by atoms with E-state index in [-0.39, 0.29) is 11.5 Å². The number of hydrogen-bond donors (Lipinski definition) is 1. The number of halogens is 3. The van der Waals surface area contributed by atoms with E-state index in [1.807, 2.05) is 0 Å². The maximum absolute atomic E-state index is 13.7. The lowest BCUT2D eigenvalue weighted by molar-refractivity contribution is 0.0941. The molecular weight excluding hydrogens is 338 g/mol. The van der Waals surface area contributed by atoms with Crippen molar-refractivity contribution in [3.05, 3.63) is 64.8 Å². The molecule has 0 radical (unpaired) electrons. The summed E-state index contributed by atoms with van der Waals surface area (Å²) in [6, 6.07) is 7.97. The van der Waals surface area contributed by atoms with Crippen molar-refractivity contribution in [3.63, 3.8) is 0 Å². The van der Waals surface area contributed by atoms with Gasteiger partial charge in [-0.05, 0) is 30.3 Å². The number of hydrogen-bond acceptors (Lipinski definition) is 2. The van der Waals surface area contributed by atoms with Crippen molar-refractivity contribution in [2.45, 2.75) is 6.92 Å². The minimum Gasteiger partial charge on any atom is -0.317 e. The van der Waals surface area contributed by atoms with Crippen LogP contribution in [0.4, 0.5) is 14.5 Å². The van der Waals surface area contributed by atoms with Crippen LogP contribution in [0.1, 0.15) is 22.1 Å². The zero-order chi connectivity index (χ0) is 17.4. The van der Waals surface area contributed by atoms with Gasteiger partial charge >= 0.3 is 0 Å². The summed E-state index contributed by atoms with van der Waals surface area (Å²) in [5.74, 6) is -2.84. The van der Waals surface area contributed by atoms with Crippen LogP contribution in [0, 0.1) is 11.6 Å². The Balaban J connectivity index is 2.10. The van der Waals surface area contributed by atoms with E-state index in [9.17, 15) is 18.4 Å². The van der Waals surface area contributed by atoms with Crippen molar-refractivity contribution in [1.82, 2.24) is 4.57 Å². The molecule has 0 aliphatic carbocycles. The lowest BCUT2D eigenvalue weighted by Crippen LogP contribution is -2.14. The molecule has 0 saturated carbocycles. The minimum absolute atomic E-state index is 0.0883. The number of benzene rings is 2. The SMILES string of the molecule is CC(=O)n1cc(C(=O)Nc2c(F)cccc2F)c2cc(Cl)ccc21. The van der Waals surface area contributed by atoms with Crippen molar-refractivity contribution >= 4 is 40.0 Å². The van der Waals surface area contributed by atoms with Crippen LogP contribution in [-0.2, 0) is 0 Å². The molecule has 3 rings (SSSR count). The van der Waals surface area contributed by atoms with Crippen LogP contribution in [0.3, 0.4) is 0 Å². The van der Waals surface area contributed by atoms with Gasteiger partial charge in [-0.15, -0.1) is 0 Å². The Morgan fingerprint density at radius 1 is 1.12 bits per heavy atom. The Bertz CT molecular complexity index is 962. The average molecular weight is 349 g/mol. The molecule has 3 aromatic rings. The average Bonchev–Trinajstić information content (AvgIpc) is 2.90. The van der Waals surface area contributed by atoms with Gasteiger partial charge in [0.15, 0.2) is 0 Å². The van der Waals surface area contributed by atoms with E-state index in [4.69, 9.17) is 11.6 Å². The number of nitrogens with one attached hydrogen (secondary N) is 1. The smallest absolute Gasteiger partial charge is 0.258 e. The van der Waals surface area contributed by atoms with Crippen LogP contribution < -0.4 is 5.32 Å². The van der Waals surface area contributed by atoms with E-state index in [0.717, 1.165) is 12.1 Å². The van der Waals surface area contributed by atoms with Crippen LogP contribution in [0.15, 0.2) is 42.6 Å². The molecule has 0 aliphatic heterocycles. The molecule has 1 N–H and O–H groups in total. The molecule has 1 aromatic heterocycles. The zero-order valence-corrected chi connectivity index (χ0v) is 13.2. The molecule has 7 heteroatoms. The van der Waals surface area contributed by atoms with E-state index in [0.29, 0.717) is 15.9 Å². The number of carbonyl (C=O) groups is 2. The quantitative estimate of drug-likeness (QED) is 0.742. The molecule has 1 amide bonds. The third kappa shape index (κ3) is 2.76. The van der Waals surface area contributed by atoms with Gasteiger partial charge in [-0.3, -0.25) is 14.2 Å². The third-order valence-corrected chi connectivity index (χ3v) is 3.79. The van der Waals surface area contributed by atoms with Crippen LogP contribution in [0.5, 0.6) is 0 Å². The number of rotatable bonds is 2. The Labute approximate surface area is 140 Å². The number of amides is 1. The highest BCUT2D eigenvalue weighted by Gasteiger charge is 2.19. The minimum atomic E-state index is -0.892. The van der Waals surface area contributed by atoms with E-state index in [1.165, 1.54) is 29.8 Å². The first-order valence-electron chi connectivity index (χ1n) is 6.95. The molecule has 0 fully saturated rings. The van der Waals surface area contributed by atoms with Crippen LogP contribution in [0.25, 0.3) is 10.9 Å². The molecule has 0 aliphatic rings. The molecule has 122 valence electrons. The Hall–Kier alpha value is -2.73. The normalized spacial score (nSPS) is 10.8. The molecule has 2 aromatic carbocycles. The number of nitrogens with zero attached hydrogens (tertiary/aromatic N) is 1. The maximum atomic E-state index is 13.7. The van der Waals surface area contributed by atoms with Gasteiger partial charge in [0.1, 0.15) is 17.3 Å². The molecule has 1 heterocycles. The fourth-order valence-electron chi connectivity index (χ4n) is 2.44. The number of anilines is 1. The predicted molar refractivity (Wildman–Crippen MR) is 87.6 cm³/mol. The molecule has 4 nitrogen and oxygen atoms in total. The van der Waals surface area contributed by atoms with Crippen molar-refractivity contribution in [2.75, 3.05) is 5.32 Å². The van der Waals surface area contributed by atoms with E-state index < -0.39 is 23.2 Å². The van der Waals surface area contributed by atoms with E-state index >= 15 is 0 Å². The summed E-state index contributed by atoms with van der Waals surface area (Å²) < 4.78 is 28.7. The number of fused-ring (bicyclic) bond motifs is 1. The number of para-hydroxylation sites is 1. The van der Waals surface area contributed by atoms with E-state index in [1.54, 1.807) is 12.1 Å². The van der Waals surface area contributed by atoms with Gasteiger partial charge in [-0.2, -0.15) is 0 Å². The van der Waals surface area contributed by atoms with Gasteiger partial charge in [0.25, 0.3) is 5.91 Å². The van der Waals surface area contributed by atoms with Gasteiger partial charge < -0.3 is 5.32 Å². The Kier molecular flexibility index (Phi) is 4.07. The first kappa shape index (κ1) is 16.1. The van der Waals surface area contributed by atoms with Gasteiger partial charge in [0.05, 0.1) is 11.1 Å². The largest absolute Gasteiger partial charge is 0.317 e. The van der Waals surface area contributed by atoms with Gasteiger partial charge in [-0.25, -0.2) is 8.78 Å². The highest BCUT2D eigenvalue weighted by molar-refractivity contribution is 6.31. The predicted octanol–water partition coefficient (Wildman–Crippen LogP) is 4.49. The standard InChI is InChI=1S/C17H11ClF2N2O2/c1-9(23)22-8-12(11-7-10(18)5-6-15(11)22)17(24)21-16-13(19)3-2-4-14(16)20/h2-8H,1H3,(H,21,24). The second-order valence-electron chi connectivity index (χ2n) is 5.14. The highest BCUT2D eigenvalue weighted by Crippen LogP contribution is 2.27. The monoisotopic (exact) mass is 348 g/mol. The summed E-state index contributed by atoms with van der Waals surface area (Å²) >= 11 is 5.95. The number of carbonyl (C=O) groups excluding carboxylic acids is 2.